The van der Waals surface area contributed by atoms with E-state index in [1.165, 1.54) is 0 Å². The van der Waals surface area contributed by atoms with Crippen LogP contribution in [0.25, 0.3) is 0 Å². The molecule has 1 rings (SSSR count). The van der Waals surface area contributed by atoms with Crippen molar-refractivity contribution in [3.63, 3.8) is 0 Å². The molecule has 0 atom stereocenters. The van der Waals surface area contributed by atoms with E-state index < -0.39 is 0 Å². The average Bonchev–Trinajstić information content (AvgIpc) is 2.34. The van der Waals surface area contributed by atoms with E-state index in [1.807, 2.05) is 13.8 Å². The topological polar surface area (TPSA) is 77.8 Å². The van der Waals surface area contributed by atoms with Crippen molar-refractivity contribution in [3.05, 3.63) is 26.4 Å². The fourth-order valence-corrected chi connectivity index (χ4v) is 2.20. The van der Waals surface area contributed by atoms with E-state index in [2.05, 4.69) is 15.3 Å². The maximum absolute atomic E-state index is 11.8. The molecular weight excluding hydrogens is 262 g/mol. The van der Waals surface area contributed by atoms with E-state index in [4.69, 9.17) is 12.2 Å². The van der Waals surface area contributed by atoms with E-state index in [-0.39, 0.29) is 17.5 Å². The van der Waals surface area contributed by atoms with Crippen LogP contribution < -0.4 is 10.9 Å². The van der Waals surface area contributed by atoms with E-state index in [1.54, 1.807) is 6.92 Å². The molecule has 0 saturated carbocycles. The molecule has 1 aromatic heterocycles. The predicted octanol–water partition coefficient (Wildman–Crippen LogP) is 1.98. The number of rotatable bonds is 6. The molecule has 106 valence electrons. The van der Waals surface area contributed by atoms with Crippen molar-refractivity contribution in [2.45, 2.75) is 52.5 Å². The SMILES string of the molecule is CCC(CC)NC(=O)CCc1c(C)[nH]c(=S)[nH]c1=O. The fraction of sp³-hybridized carbons (Fsp3) is 0.615. The Morgan fingerprint density at radius 1 is 1.32 bits per heavy atom. The van der Waals surface area contributed by atoms with Crippen LogP contribution in [0.3, 0.4) is 0 Å². The minimum atomic E-state index is -0.211. The van der Waals surface area contributed by atoms with E-state index >= 15 is 0 Å². The first-order valence-corrected chi connectivity index (χ1v) is 7.00. The maximum Gasteiger partial charge on any atom is 0.255 e. The van der Waals surface area contributed by atoms with Gasteiger partial charge in [-0.25, -0.2) is 0 Å². The Morgan fingerprint density at radius 2 is 1.95 bits per heavy atom. The molecule has 0 aromatic carbocycles. The standard InChI is InChI=1S/C13H21N3O2S/c1-4-9(5-2)15-11(17)7-6-10-8(3)14-13(19)16-12(10)18/h9H,4-7H2,1-3H3,(H,15,17)(H2,14,16,18,19). The third kappa shape index (κ3) is 4.63. The summed E-state index contributed by atoms with van der Waals surface area (Å²) in [7, 11) is 0. The van der Waals surface area contributed by atoms with Gasteiger partial charge in [-0.1, -0.05) is 13.8 Å². The van der Waals surface area contributed by atoms with Crippen LogP contribution in [0.4, 0.5) is 0 Å². The van der Waals surface area contributed by atoms with Gasteiger partial charge in [0.1, 0.15) is 0 Å². The molecule has 0 radical (unpaired) electrons. The molecule has 0 fully saturated rings. The van der Waals surface area contributed by atoms with Crippen LogP contribution >= 0.6 is 12.2 Å². The second-order valence-electron chi connectivity index (χ2n) is 4.59. The first kappa shape index (κ1) is 15.6. The zero-order chi connectivity index (χ0) is 14.4. The lowest BCUT2D eigenvalue weighted by Crippen LogP contribution is -2.34. The Kier molecular flexibility index (Phi) is 5.95. The number of hydrogen-bond donors (Lipinski definition) is 3. The van der Waals surface area contributed by atoms with Gasteiger partial charge in [0.2, 0.25) is 5.91 Å². The van der Waals surface area contributed by atoms with Gasteiger partial charge in [0.25, 0.3) is 5.56 Å². The van der Waals surface area contributed by atoms with Gasteiger partial charge in [-0.2, -0.15) is 0 Å². The highest BCUT2D eigenvalue weighted by atomic mass is 32.1. The van der Waals surface area contributed by atoms with Crippen molar-refractivity contribution in [2.24, 2.45) is 0 Å². The summed E-state index contributed by atoms with van der Waals surface area (Å²) >= 11 is 4.88. The first-order chi connectivity index (χ1) is 8.97. The van der Waals surface area contributed by atoms with Crippen molar-refractivity contribution in [3.8, 4) is 0 Å². The van der Waals surface area contributed by atoms with Crippen LogP contribution in [0.15, 0.2) is 4.79 Å². The van der Waals surface area contributed by atoms with Gasteiger partial charge >= 0.3 is 0 Å². The highest BCUT2D eigenvalue weighted by Crippen LogP contribution is 2.03. The van der Waals surface area contributed by atoms with Crippen molar-refractivity contribution in [1.29, 1.82) is 0 Å². The second-order valence-corrected chi connectivity index (χ2v) is 5.00. The molecule has 1 aromatic rings. The van der Waals surface area contributed by atoms with Crippen LogP contribution in [-0.2, 0) is 11.2 Å². The van der Waals surface area contributed by atoms with Gasteiger partial charge in [-0.15, -0.1) is 0 Å². The van der Waals surface area contributed by atoms with E-state index in [0.29, 0.717) is 23.2 Å². The summed E-state index contributed by atoms with van der Waals surface area (Å²) in [5.74, 6) is -0.0186. The normalized spacial score (nSPS) is 10.7. The summed E-state index contributed by atoms with van der Waals surface area (Å²) in [4.78, 5) is 28.9. The summed E-state index contributed by atoms with van der Waals surface area (Å²) < 4.78 is 0.313. The van der Waals surface area contributed by atoms with Crippen molar-refractivity contribution in [1.82, 2.24) is 15.3 Å². The number of amides is 1. The quantitative estimate of drug-likeness (QED) is 0.699. The van der Waals surface area contributed by atoms with Gasteiger partial charge in [0.05, 0.1) is 0 Å². The number of carbonyl (C=O) groups excluding carboxylic acids is 1. The third-order valence-corrected chi connectivity index (χ3v) is 3.41. The molecule has 0 unspecified atom stereocenters. The Morgan fingerprint density at radius 3 is 2.47 bits per heavy atom. The molecule has 0 aliphatic heterocycles. The molecule has 5 nitrogen and oxygen atoms in total. The number of nitrogens with one attached hydrogen (secondary N) is 3. The van der Waals surface area contributed by atoms with E-state index in [9.17, 15) is 9.59 Å². The average molecular weight is 283 g/mol. The molecular formula is C13H21N3O2S. The monoisotopic (exact) mass is 283 g/mol. The van der Waals surface area contributed by atoms with Gasteiger partial charge in [0.15, 0.2) is 4.77 Å². The predicted molar refractivity (Wildman–Crippen MR) is 77.8 cm³/mol. The number of carbonyl (C=O) groups is 1. The van der Waals surface area contributed by atoms with Crippen molar-refractivity contribution in [2.75, 3.05) is 0 Å². The molecule has 0 aliphatic carbocycles. The summed E-state index contributed by atoms with van der Waals surface area (Å²) in [5, 5.41) is 2.95. The number of aromatic amines is 2. The van der Waals surface area contributed by atoms with Crippen LogP contribution in [-0.4, -0.2) is 21.9 Å². The van der Waals surface area contributed by atoms with Gasteiger partial charge < -0.3 is 10.3 Å². The van der Waals surface area contributed by atoms with Gasteiger partial charge in [0, 0.05) is 23.7 Å². The molecule has 19 heavy (non-hydrogen) atoms. The smallest absolute Gasteiger partial charge is 0.255 e. The highest BCUT2D eigenvalue weighted by molar-refractivity contribution is 7.71. The number of hydrogen-bond acceptors (Lipinski definition) is 3. The second kappa shape index (κ2) is 7.23. The van der Waals surface area contributed by atoms with Crippen molar-refractivity contribution < 1.29 is 4.79 Å². The lowest BCUT2D eigenvalue weighted by molar-refractivity contribution is -0.121. The largest absolute Gasteiger partial charge is 0.353 e. The van der Waals surface area contributed by atoms with Crippen LogP contribution in [0, 0.1) is 11.7 Å². The van der Waals surface area contributed by atoms with Gasteiger partial charge in [-0.05, 0) is 38.4 Å². The Balaban J connectivity index is 2.65. The zero-order valence-electron chi connectivity index (χ0n) is 11.6. The molecule has 6 heteroatoms. The zero-order valence-corrected chi connectivity index (χ0v) is 12.4. The minimum Gasteiger partial charge on any atom is -0.353 e. The maximum atomic E-state index is 11.8. The number of aromatic nitrogens is 2. The minimum absolute atomic E-state index is 0.0186. The lowest BCUT2D eigenvalue weighted by Gasteiger charge is -2.14. The highest BCUT2D eigenvalue weighted by Gasteiger charge is 2.11. The third-order valence-electron chi connectivity index (χ3n) is 3.21. The van der Waals surface area contributed by atoms with Gasteiger partial charge in [-0.3, -0.25) is 14.6 Å². The Labute approximate surface area is 117 Å². The molecule has 1 heterocycles. The molecule has 3 N–H and O–H groups in total. The summed E-state index contributed by atoms with van der Waals surface area (Å²) in [6, 6.07) is 0.216. The Hall–Kier alpha value is -1.43. The Bertz CT molecular complexity index is 544. The van der Waals surface area contributed by atoms with Crippen LogP contribution in [0.1, 0.15) is 44.4 Å². The molecule has 1 amide bonds. The number of aryl methyl sites for hydroxylation is 1. The first-order valence-electron chi connectivity index (χ1n) is 6.59. The molecule has 0 bridgehead atoms. The molecule has 0 aliphatic rings. The molecule has 0 spiro atoms. The molecule has 0 saturated heterocycles. The van der Waals surface area contributed by atoms with Crippen molar-refractivity contribution >= 4 is 18.1 Å². The summed E-state index contributed by atoms with van der Waals surface area (Å²) in [6.45, 7) is 5.88. The number of H-pyrrole nitrogens is 2. The van der Waals surface area contributed by atoms with Crippen LogP contribution in [0.5, 0.6) is 0 Å². The summed E-state index contributed by atoms with van der Waals surface area (Å²) in [5.41, 5.74) is 1.11. The lowest BCUT2D eigenvalue weighted by atomic mass is 10.1. The van der Waals surface area contributed by atoms with E-state index in [0.717, 1.165) is 18.5 Å². The van der Waals surface area contributed by atoms with Crippen LogP contribution in [0.2, 0.25) is 0 Å². The fourth-order valence-electron chi connectivity index (χ4n) is 1.96. The summed E-state index contributed by atoms with van der Waals surface area (Å²) in [6.07, 6.45) is 2.56.